The summed E-state index contributed by atoms with van der Waals surface area (Å²) >= 11 is 0. The summed E-state index contributed by atoms with van der Waals surface area (Å²) in [6, 6.07) is 4.63. The van der Waals surface area contributed by atoms with Crippen LogP contribution in [0.2, 0.25) is 0 Å². The molecule has 0 spiro atoms. The summed E-state index contributed by atoms with van der Waals surface area (Å²) in [5.41, 5.74) is 2.20. The number of hydrogen-bond acceptors (Lipinski definition) is 4. The van der Waals surface area contributed by atoms with Crippen LogP contribution in [0.25, 0.3) is 0 Å². The number of nitrogens with zero attached hydrogens (tertiary/aromatic N) is 3. The van der Waals surface area contributed by atoms with E-state index in [1.165, 1.54) is 17.7 Å². The number of pyridine rings is 1. The van der Waals surface area contributed by atoms with Crippen LogP contribution in [0.5, 0.6) is 0 Å². The average Bonchev–Trinajstić information content (AvgIpc) is 2.53. The molecule has 0 N–H and O–H groups in total. The molecule has 1 atom stereocenters. The average molecular weight is 317 g/mol. The van der Waals surface area contributed by atoms with Crippen molar-refractivity contribution in [2.24, 2.45) is 0 Å². The van der Waals surface area contributed by atoms with Gasteiger partial charge in [-0.15, -0.1) is 0 Å². The maximum Gasteiger partial charge on any atom is 0.410 e. The van der Waals surface area contributed by atoms with E-state index in [1.807, 2.05) is 37.9 Å². The van der Waals surface area contributed by atoms with Gasteiger partial charge >= 0.3 is 6.09 Å². The van der Waals surface area contributed by atoms with Crippen molar-refractivity contribution < 1.29 is 9.53 Å². The largest absolute Gasteiger partial charge is 0.444 e. The minimum absolute atomic E-state index is 0.195. The van der Waals surface area contributed by atoms with Crippen LogP contribution in [-0.4, -0.2) is 52.7 Å². The lowest BCUT2D eigenvalue weighted by atomic mass is 9.90. The minimum Gasteiger partial charge on any atom is -0.444 e. The molecule has 1 fully saturated rings. The normalized spacial score (nSPS) is 22.6. The molecule has 2 aliphatic rings. The number of hydrogen-bond donors (Lipinski definition) is 0. The molecule has 23 heavy (non-hydrogen) atoms. The summed E-state index contributed by atoms with van der Waals surface area (Å²) < 4.78 is 5.47. The second-order valence-electron chi connectivity index (χ2n) is 7.46. The van der Waals surface area contributed by atoms with E-state index in [4.69, 9.17) is 4.74 Å². The van der Waals surface area contributed by atoms with Gasteiger partial charge in [-0.25, -0.2) is 4.79 Å². The highest BCUT2D eigenvalue weighted by Crippen LogP contribution is 2.33. The number of carbonyl (C=O) groups excluding carboxylic acids is 1. The van der Waals surface area contributed by atoms with Gasteiger partial charge in [-0.3, -0.25) is 9.88 Å². The number of carbonyl (C=O) groups is 1. The Bertz CT molecular complexity index is 560. The van der Waals surface area contributed by atoms with Crippen LogP contribution in [0.1, 0.15) is 50.9 Å². The maximum atomic E-state index is 12.2. The van der Waals surface area contributed by atoms with Crippen LogP contribution in [0, 0.1) is 0 Å². The lowest BCUT2D eigenvalue weighted by molar-refractivity contribution is 0.00902. The Morgan fingerprint density at radius 2 is 2.00 bits per heavy atom. The van der Waals surface area contributed by atoms with Crippen LogP contribution in [-0.2, 0) is 11.2 Å². The molecule has 0 saturated carbocycles. The number of aryl methyl sites for hydroxylation is 1. The van der Waals surface area contributed by atoms with Crippen LogP contribution in [0.15, 0.2) is 18.3 Å². The van der Waals surface area contributed by atoms with Gasteiger partial charge in [-0.1, -0.05) is 6.07 Å². The fraction of sp³-hybridized carbons (Fsp3) is 0.667. The smallest absolute Gasteiger partial charge is 0.410 e. The molecule has 1 saturated heterocycles. The van der Waals surface area contributed by atoms with Gasteiger partial charge in [0, 0.05) is 32.4 Å². The molecular weight excluding hydrogens is 290 g/mol. The van der Waals surface area contributed by atoms with Gasteiger partial charge in [0.25, 0.3) is 0 Å². The molecule has 1 amide bonds. The van der Waals surface area contributed by atoms with E-state index in [1.54, 1.807) is 0 Å². The van der Waals surface area contributed by atoms with E-state index in [2.05, 4.69) is 16.0 Å². The number of amides is 1. The van der Waals surface area contributed by atoms with E-state index >= 15 is 0 Å². The predicted molar refractivity (Wildman–Crippen MR) is 89.3 cm³/mol. The molecule has 3 rings (SSSR count). The molecule has 1 aromatic heterocycles. The van der Waals surface area contributed by atoms with Gasteiger partial charge in [0.15, 0.2) is 0 Å². The molecule has 126 valence electrons. The third kappa shape index (κ3) is 3.83. The van der Waals surface area contributed by atoms with Crippen LogP contribution in [0.3, 0.4) is 0 Å². The first-order valence-corrected chi connectivity index (χ1v) is 8.60. The standard InChI is InChI=1S/C18H27N3O2/c1-18(2,3)23-17(22)21-12-10-20(11-13-21)15-8-4-6-14-7-5-9-19-16(14)15/h5,7,9,15H,4,6,8,10-13H2,1-3H3/t15-/m0/s1. The fourth-order valence-corrected chi connectivity index (χ4v) is 3.48. The molecule has 1 aromatic rings. The Morgan fingerprint density at radius 1 is 1.26 bits per heavy atom. The number of aromatic nitrogens is 1. The Morgan fingerprint density at radius 3 is 2.70 bits per heavy atom. The molecule has 5 nitrogen and oxygen atoms in total. The number of ether oxygens (including phenoxy) is 1. The summed E-state index contributed by atoms with van der Waals surface area (Å²) in [4.78, 5) is 21.1. The third-order valence-corrected chi connectivity index (χ3v) is 4.57. The first-order valence-electron chi connectivity index (χ1n) is 8.60. The van der Waals surface area contributed by atoms with Gasteiger partial charge in [-0.05, 0) is 51.7 Å². The Hall–Kier alpha value is -1.62. The molecule has 1 aliphatic heterocycles. The highest BCUT2D eigenvalue weighted by Gasteiger charge is 2.32. The number of rotatable bonds is 1. The Kier molecular flexibility index (Phi) is 4.57. The summed E-state index contributed by atoms with van der Waals surface area (Å²) in [6.45, 7) is 8.96. The topological polar surface area (TPSA) is 45.7 Å². The number of fused-ring (bicyclic) bond motifs is 1. The quantitative estimate of drug-likeness (QED) is 0.799. The SMILES string of the molecule is CC(C)(C)OC(=O)N1CCN([C@H]2CCCc3cccnc32)CC1. The maximum absolute atomic E-state index is 12.2. The van der Waals surface area contributed by atoms with Crippen molar-refractivity contribution >= 4 is 6.09 Å². The van der Waals surface area contributed by atoms with Crippen molar-refractivity contribution in [2.45, 2.75) is 51.7 Å². The second-order valence-corrected chi connectivity index (χ2v) is 7.46. The number of piperazine rings is 1. The highest BCUT2D eigenvalue weighted by atomic mass is 16.6. The summed E-state index contributed by atoms with van der Waals surface area (Å²) in [6.07, 6.45) is 5.22. The van der Waals surface area contributed by atoms with Gasteiger partial charge in [0.05, 0.1) is 11.7 Å². The molecular formula is C18H27N3O2. The molecule has 0 aromatic carbocycles. The molecule has 0 unspecified atom stereocenters. The van der Waals surface area contributed by atoms with Crippen molar-refractivity contribution in [1.82, 2.24) is 14.8 Å². The molecule has 1 aliphatic carbocycles. The first kappa shape index (κ1) is 16.2. The zero-order valence-electron chi connectivity index (χ0n) is 14.4. The van der Waals surface area contributed by atoms with Gasteiger partial charge in [-0.2, -0.15) is 0 Å². The van der Waals surface area contributed by atoms with E-state index in [9.17, 15) is 4.79 Å². The van der Waals surface area contributed by atoms with Crippen molar-refractivity contribution in [1.29, 1.82) is 0 Å². The highest BCUT2D eigenvalue weighted by molar-refractivity contribution is 5.68. The zero-order chi connectivity index (χ0) is 16.4. The lowest BCUT2D eigenvalue weighted by Crippen LogP contribution is -2.51. The van der Waals surface area contributed by atoms with E-state index in [-0.39, 0.29) is 6.09 Å². The molecule has 5 heteroatoms. The van der Waals surface area contributed by atoms with Crippen LogP contribution < -0.4 is 0 Å². The van der Waals surface area contributed by atoms with Crippen molar-refractivity contribution in [3.63, 3.8) is 0 Å². The summed E-state index contributed by atoms with van der Waals surface area (Å²) in [5.74, 6) is 0. The second kappa shape index (κ2) is 6.48. The molecule has 2 heterocycles. The van der Waals surface area contributed by atoms with Crippen molar-refractivity contribution in [3.05, 3.63) is 29.6 Å². The van der Waals surface area contributed by atoms with Crippen molar-refractivity contribution in [2.75, 3.05) is 26.2 Å². The van der Waals surface area contributed by atoms with Gasteiger partial charge in [0.2, 0.25) is 0 Å². The zero-order valence-corrected chi connectivity index (χ0v) is 14.4. The lowest BCUT2D eigenvalue weighted by Gasteiger charge is -2.41. The summed E-state index contributed by atoms with van der Waals surface area (Å²) in [7, 11) is 0. The molecule has 0 bridgehead atoms. The predicted octanol–water partition coefficient (Wildman–Crippen LogP) is 3.01. The Balaban J connectivity index is 1.61. The first-order chi connectivity index (χ1) is 10.9. The van der Waals surface area contributed by atoms with E-state index in [0.717, 1.165) is 39.0 Å². The Labute approximate surface area is 138 Å². The minimum atomic E-state index is -0.430. The fourth-order valence-electron chi connectivity index (χ4n) is 3.48. The van der Waals surface area contributed by atoms with Crippen LogP contribution >= 0.6 is 0 Å². The van der Waals surface area contributed by atoms with Crippen molar-refractivity contribution in [3.8, 4) is 0 Å². The third-order valence-electron chi connectivity index (χ3n) is 4.57. The van der Waals surface area contributed by atoms with E-state index < -0.39 is 5.60 Å². The van der Waals surface area contributed by atoms with E-state index in [0.29, 0.717) is 6.04 Å². The van der Waals surface area contributed by atoms with Gasteiger partial charge < -0.3 is 9.64 Å². The monoisotopic (exact) mass is 317 g/mol. The summed E-state index contributed by atoms with van der Waals surface area (Å²) in [5, 5.41) is 0. The van der Waals surface area contributed by atoms with Crippen LogP contribution in [0.4, 0.5) is 4.79 Å². The van der Waals surface area contributed by atoms with Gasteiger partial charge in [0.1, 0.15) is 5.60 Å². The molecule has 0 radical (unpaired) electrons.